The SMILES string of the molecule is CCc1cc(Oc2ccc(C)c(C)c2)nc(SCc2ccccc2C)n1. The van der Waals surface area contributed by atoms with E-state index in [1.807, 2.05) is 18.2 Å². The van der Waals surface area contributed by atoms with E-state index in [0.29, 0.717) is 5.88 Å². The molecule has 134 valence electrons. The molecule has 0 atom stereocenters. The predicted octanol–water partition coefficient (Wildman–Crippen LogP) is 6.05. The summed E-state index contributed by atoms with van der Waals surface area (Å²) in [6.07, 6.45) is 0.851. The lowest BCUT2D eigenvalue weighted by molar-refractivity contribution is 0.453. The van der Waals surface area contributed by atoms with Crippen molar-refractivity contribution in [1.82, 2.24) is 9.97 Å². The van der Waals surface area contributed by atoms with Crippen LogP contribution in [-0.2, 0) is 12.2 Å². The smallest absolute Gasteiger partial charge is 0.223 e. The summed E-state index contributed by atoms with van der Waals surface area (Å²) in [6, 6.07) is 16.4. The summed E-state index contributed by atoms with van der Waals surface area (Å²) in [6.45, 7) is 8.41. The second kappa shape index (κ2) is 8.37. The Kier molecular flexibility index (Phi) is 5.94. The Morgan fingerprint density at radius 3 is 2.42 bits per heavy atom. The summed E-state index contributed by atoms with van der Waals surface area (Å²) in [5.41, 5.74) is 6.05. The first kappa shape index (κ1) is 18.5. The van der Waals surface area contributed by atoms with Gasteiger partial charge in [-0.2, -0.15) is 4.98 Å². The first-order valence-electron chi connectivity index (χ1n) is 8.85. The van der Waals surface area contributed by atoms with Crippen LogP contribution < -0.4 is 4.74 Å². The van der Waals surface area contributed by atoms with Gasteiger partial charge in [-0.05, 0) is 61.6 Å². The third-order valence-electron chi connectivity index (χ3n) is 4.42. The van der Waals surface area contributed by atoms with Crippen LogP contribution in [0.2, 0.25) is 0 Å². The minimum atomic E-state index is 0.604. The Balaban J connectivity index is 1.79. The fourth-order valence-electron chi connectivity index (χ4n) is 2.56. The molecule has 3 rings (SSSR count). The van der Waals surface area contributed by atoms with Crippen molar-refractivity contribution in [2.24, 2.45) is 0 Å². The van der Waals surface area contributed by atoms with E-state index >= 15 is 0 Å². The molecule has 0 aliphatic rings. The molecule has 0 N–H and O–H groups in total. The highest BCUT2D eigenvalue weighted by atomic mass is 32.2. The minimum Gasteiger partial charge on any atom is -0.439 e. The van der Waals surface area contributed by atoms with E-state index in [1.54, 1.807) is 11.8 Å². The first-order valence-corrected chi connectivity index (χ1v) is 9.84. The van der Waals surface area contributed by atoms with Gasteiger partial charge in [0.2, 0.25) is 5.88 Å². The molecule has 0 fully saturated rings. The average Bonchev–Trinajstić information content (AvgIpc) is 2.64. The second-order valence-corrected chi connectivity index (χ2v) is 7.34. The summed E-state index contributed by atoms with van der Waals surface area (Å²) in [5, 5.41) is 0.756. The molecule has 26 heavy (non-hydrogen) atoms. The lowest BCUT2D eigenvalue weighted by atomic mass is 10.1. The Morgan fingerprint density at radius 1 is 0.885 bits per heavy atom. The Bertz CT molecular complexity index is 908. The molecular weight excluding hydrogens is 340 g/mol. The maximum Gasteiger partial charge on any atom is 0.223 e. The van der Waals surface area contributed by atoms with Crippen molar-refractivity contribution in [3.63, 3.8) is 0 Å². The molecule has 0 saturated carbocycles. The molecule has 0 aliphatic heterocycles. The molecule has 1 heterocycles. The van der Waals surface area contributed by atoms with Gasteiger partial charge in [-0.15, -0.1) is 0 Å². The van der Waals surface area contributed by atoms with E-state index in [4.69, 9.17) is 4.74 Å². The summed E-state index contributed by atoms with van der Waals surface area (Å²) in [5.74, 6) is 2.26. The molecule has 2 aromatic carbocycles. The van der Waals surface area contributed by atoms with Gasteiger partial charge in [0.25, 0.3) is 0 Å². The van der Waals surface area contributed by atoms with E-state index in [1.165, 1.54) is 22.3 Å². The van der Waals surface area contributed by atoms with Crippen molar-refractivity contribution >= 4 is 11.8 Å². The van der Waals surface area contributed by atoms with E-state index in [-0.39, 0.29) is 0 Å². The van der Waals surface area contributed by atoms with Gasteiger partial charge in [0.15, 0.2) is 5.16 Å². The van der Waals surface area contributed by atoms with Gasteiger partial charge in [0.1, 0.15) is 5.75 Å². The molecule has 0 unspecified atom stereocenters. The number of ether oxygens (including phenoxy) is 1. The van der Waals surface area contributed by atoms with E-state index in [0.717, 1.165) is 28.8 Å². The molecule has 0 bridgehead atoms. The van der Waals surface area contributed by atoms with Gasteiger partial charge in [-0.3, -0.25) is 0 Å². The summed E-state index contributed by atoms with van der Waals surface area (Å²) in [7, 11) is 0. The quantitative estimate of drug-likeness (QED) is 0.394. The highest BCUT2D eigenvalue weighted by Crippen LogP contribution is 2.27. The molecular formula is C22H24N2OS. The molecule has 0 radical (unpaired) electrons. The molecule has 0 amide bonds. The summed E-state index contributed by atoms with van der Waals surface area (Å²) in [4.78, 5) is 9.24. The Labute approximate surface area is 159 Å². The lowest BCUT2D eigenvalue weighted by Gasteiger charge is -2.10. The molecule has 4 heteroatoms. The highest BCUT2D eigenvalue weighted by molar-refractivity contribution is 7.98. The predicted molar refractivity (Wildman–Crippen MR) is 108 cm³/mol. The first-order chi connectivity index (χ1) is 12.5. The fraction of sp³-hybridized carbons (Fsp3) is 0.273. The maximum absolute atomic E-state index is 6.01. The second-order valence-electron chi connectivity index (χ2n) is 6.40. The van der Waals surface area contributed by atoms with Gasteiger partial charge < -0.3 is 4.74 Å². The zero-order valence-corrected chi connectivity index (χ0v) is 16.6. The summed E-state index contributed by atoms with van der Waals surface area (Å²) < 4.78 is 6.01. The van der Waals surface area contributed by atoms with Crippen LogP contribution in [0.3, 0.4) is 0 Å². The normalized spacial score (nSPS) is 10.8. The number of rotatable bonds is 6. The summed E-state index contributed by atoms with van der Waals surface area (Å²) >= 11 is 1.65. The molecule has 0 saturated heterocycles. The van der Waals surface area contributed by atoms with Gasteiger partial charge >= 0.3 is 0 Å². The van der Waals surface area contributed by atoms with Crippen molar-refractivity contribution in [3.8, 4) is 11.6 Å². The van der Waals surface area contributed by atoms with Crippen molar-refractivity contribution in [3.05, 3.63) is 76.5 Å². The van der Waals surface area contributed by atoms with Crippen LogP contribution in [0.25, 0.3) is 0 Å². The van der Waals surface area contributed by atoms with Crippen LogP contribution in [0.15, 0.2) is 53.7 Å². The van der Waals surface area contributed by atoms with Gasteiger partial charge in [0, 0.05) is 17.5 Å². The molecule has 3 nitrogen and oxygen atoms in total. The Hall–Kier alpha value is -2.33. The topological polar surface area (TPSA) is 35.0 Å². The van der Waals surface area contributed by atoms with Gasteiger partial charge in [-0.1, -0.05) is 49.0 Å². The van der Waals surface area contributed by atoms with Crippen LogP contribution in [0.1, 0.15) is 34.9 Å². The standard InChI is InChI=1S/C22H24N2OS/c1-5-19-13-21(25-20-11-10-15(2)17(4)12-20)24-22(23-19)26-14-18-9-7-6-8-16(18)3/h6-13H,5,14H2,1-4H3. The maximum atomic E-state index is 6.01. The van der Waals surface area contributed by atoms with Gasteiger partial charge in [0.05, 0.1) is 0 Å². The van der Waals surface area contributed by atoms with E-state index in [9.17, 15) is 0 Å². The van der Waals surface area contributed by atoms with Crippen molar-refractivity contribution < 1.29 is 4.74 Å². The van der Waals surface area contributed by atoms with Crippen molar-refractivity contribution in [2.45, 2.75) is 45.0 Å². The molecule has 0 spiro atoms. The number of aromatic nitrogens is 2. The largest absolute Gasteiger partial charge is 0.439 e. The number of hydrogen-bond acceptors (Lipinski definition) is 4. The van der Waals surface area contributed by atoms with Crippen LogP contribution in [0.5, 0.6) is 11.6 Å². The van der Waals surface area contributed by atoms with Crippen molar-refractivity contribution in [2.75, 3.05) is 0 Å². The van der Waals surface area contributed by atoms with Crippen LogP contribution in [0, 0.1) is 20.8 Å². The zero-order valence-electron chi connectivity index (χ0n) is 15.7. The highest BCUT2D eigenvalue weighted by Gasteiger charge is 2.08. The molecule has 0 aliphatic carbocycles. The van der Waals surface area contributed by atoms with Crippen molar-refractivity contribution in [1.29, 1.82) is 0 Å². The number of nitrogens with zero attached hydrogens (tertiary/aromatic N) is 2. The number of hydrogen-bond donors (Lipinski definition) is 0. The van der Waals surface area contributed by atoms with Gasteiger partial charge in [-0.25, -0.2) is 4.98 Å². The number of benzene rings is 2. The average molecular weight is 365 g/mol. The zero-order chi connectivity index (χ0) is 18.5. The third-order valence-corrected chi connectivity index (χ3v) is 5.31. The lowest BCUT2D eigenvalue weighted by Crippen LogP contribution is -1.98. The van der Waals surface area contributed by atoms with Crippen LogP contribution in [0.4, 0.5) is 0 Å². The molecule has 3 aromatic rings. The monoisotopic (exact) mass is 364 g/mol. The third kappa shape index (κ3) is 4.64. The minimum absolute atomic E-state index is 0.604. The van der Waals surface area contributed by atoms with Crippen LogP contribution >= 0.6 is 11.8 Å². The van der Waals surface area contributed by atoms with E-state index in [2.05, 4.69) is 68.0 Å². The molecule has 1 aromatic heterocycles. The number of thioether (sulfide) groups is 1. The van der Waals surface area contributed by atoms with E-state index < -0.39 is 0 Å². The number of aryl methyl sites for hydroxylation is 4. The fourth-order valence-corrected chi connectivity index (χ4v) is 3.50. The van der Waals surface area contributed by atoms with Crippen LogP contribution in [-0.4, -0.2) is 9.97 Å². The Morgan fingerprint density at radius 2 is 1.69 bits per heavy atom.